The molecule has 19 heavy (non-hydrogen) atoms. The number of hydrogen-bond donors (Lipinski definition) is 1. The second-order valence-corrected chi connectivity index (χ2v) is 6.18. The molecule has 1 heterocycles. The van der Waals surface area contributed by atoms with Crippen LogP contribution in [0.4, 0.5) is 4.39 Å². The Morgan fingerprint density at radius 1 is 1.32 bits per heavy atom. The number of rotatable bonds is 3. The molecular weight excluding hydrogens is 400 g/mol. The Kier molecular flexibility index (Phi) is 4.95. The first-order valence-electron chi connectivity index (χ1n) is 5.40. The van der Waals surface area contributed by atoms with E-state index in [0.717, 1.165) is 4.47 Å². The molecule has 1 unspecified atom stereocenters. The molecule has 1 atom stereocenters. The number of benzene rings is 1. The van der Waals surface area contributed by atoms with Gasteiger partial charge < -0.3 is 5.11 Å². The van der Waals surface area contributed by atoms with E-state index in [1.807, 2.05) is 0 Å². The Morgan fingerprint density at radius 3 is 2.68 bits per heavy atom. The maximum absolute atomic E-state index is 13.7. The molecule has 0 saturated heterocycles. The zero-order valence-electron chi connectivity index (χ0n) is 9.58. The Hall–Kier alpha value is -0.490. The molecule has 0 aliphatic rings. The van der Waals surface area contributed by atoms with Crippen molar-refractivity contribution in [1.29, 1.82) is 0 Å². The second kappa shape index (κ2) is 6.31. The van der Waals surface area contributed by atoms with Gasteiger partial charge in [0, 0.05) is 26.6 Å². The van der Waals surface area contributed by atoms with E-state index >= 15 is 0 Å². The zero-order valence-corrected chi connectivity index (χ0v) is 13.5. The average molecular weight is 409 g/mol. The van der Waals surface area contributed by atoms with Crippen molar-refractivity contribution in [2.24, 2.45) is 0 Å². The summed E-state index contributed by atoms with van der Waals surface area (Å²) in [7, 11) is 0. The SMILES string of the molecule is OC(Cc1ccc(Cl)cc1F)c1ncc(Br)cc1Br. The molecule has 0 bridgehead atoms. The number of pyridine rings is 1. The molecule has 2 aromatic rings. The van der Waals surface area contributed by atoms with Gasteiger partial charge >= 0.3 is 0 Å². The van der Waals surface area contributed by atoms with Crippen LogP contribution in [0.15, 0.2) is 39.4 Å². The van der Waals surface area contributed by atoms with Crippen LogP contribution in [0.3, 0.4) is 0 Å². The van der Waals surface area contributed by atoms with E-state index in [4.69, 9.17) is 11.6 Å². The minimum Gasteiger partial charge on any atom is -0.386 e. The smallest absolute Gasteiger partial charge is 0.127 e. The molecule has 2 nitrogen and oxygen atoms in total. The van der Waals surface area contributed by atoms with E-state index in [-0.39, 0.29) is 6.42 Å². The zero-order chi connectivity index (χ0) is 14.0. The largest absolute Gasteiger partial charge is 0.386 e. The fraction of sp³-hybridized carbons (Fsp3) is 0.154. The lowest BCUT2D eigenvalue weighted by molar-refractivity contribution is 0.171. The van der Waals surface area contributed by atoms with Crippen molar-refractivity contribution < 1.29 is 9.50 Å². The molecule has 1 aromatic carbocycles. The van der Waals surface area contributed by atoms with Crippen LogP contribution in [-0.4, -0.2) is 10.1 Å². The number of nitrogens with zero attached hydrogens (tertiary/aromatic N) is 1. The van der Waals surface area contributed by atoms with Gasteiger partial charge in [-0.1, -0.05) is 17.7 Å². The number of halogens is 4. The highest BCUT2D eigenvalue weighted by Crippen LogP contribution is 2.27. The van der Waals surface area contributed by atoms with E-state index in [2.05, 4.69) is 36.8 Å². The first kappa shape index (κ1) is 14.9. The van der Waals surface area contributed by atoms with Crippen LogP contribution in [-0.2, 0) is 6.42 Å². The molecule has 0 saturated carbocycles. The Balaban J connectivity index is 2.23. The summed E-state index contributed by atoms with van der Waals surface area (Å²) in [6, 6.07) is 6.17. The fourth-order valence-corrected chi connectivity index (χ4v) is 3.07. The maximum atomic E-state index is 13.7. The normalized spacial score (nSPS) is 12.5. The standard InChI is InChI=1S/C13H9Br2ClFNO/c14-8-4-10(15)13(18-6-8)12(19)3-7-1-2-9(16)5-11(7)17/h1-2,4-6,12,19H,3H2. The van der Waals surface area contributed by atoms with Gasteiger partial charge in [-0.2, -0.15) is 0 Å². The van der Waals surface area contributed by atoms with Crippen LogP contribution < -0.4 is 0 Å². The molecule has 0 aliphatic heterocycles. The summed E-state index contributed by atoms with van der Waals surface area (Å²) in [5.41, 5.74) is 0.867. The van der Waals surface area contributed by atoms with Crippen molar-refractivity contribution in [2.75, 3.05) is 0 Å². The highest BCUT2D eigenvalue weighted by molar-refractivity contribution is 9.11. The number of aliphatic hydroxyl groups excluding tert-OH is 1. The van der Waals surface area contributed by atoms with Crippen LogP contribution >= 0.6 is 43.5 Å². The monoisotopic (exact) mass is 407 g/mol. The third-order valence-electron chi connectivity index (χ3n) is 2.58. The van der Waals surface area contributed by atoms with E-state index in [1.54, 1.807) is 24.4 Å². The molecule has 1 aromatic heterocycles. The summed E-state index contributed by atoms with van der Waals surface area (Å²) in [6.07, 6.45) is 0.829. The molecule has 1 N–H and O–H groups in total. The minimum absolute atomic E-state index is 0.135. The van der Waals surface area contributed by atoms with E-state index < -0.39 is 11.9 Å². The van der Waals surface area contributed by atoms with Gasteiger partial charge in [0.25, 0.3) is 0 Å². The lowest BCUT2D eigenvalue weighted by Gasteiger charge is -2.12. The van der Waals surface area contributed by atoms with Gasteiger partial charge in [-0.05, 0) is 55.6 Å². The van der Waals surface area contributed by atoms with Gasteiger partial charge in [0.05, 0.1) is 5.69 Å². The number of hydrogen-bond acceptors (Lipinski definition) is 2. The van der Waals surface area contributed by atoms with Crippen LogP contribution in [0.2, 0.25) is 5.02 Å². The van der Waals surface area contributed by atoms with Gasteiger partial charge in [0.1, 0.15) is 11.9 Å². The van der Waals surface area contributed by atoms with Gasteiger partial charge in [0.15, 0.2) is 0 Å². The van der Waals surface area contributed by atoms with E-state index in [9.17, 15) is 9.50 Å². The minimum atomic E-state index is -0.891. The van der Waals surface area contributed by atoms with Crippen LogP contribution in [0.1, 0.15) is 17.4 Å². The Bertz CT molecular complexity index is 609. The van der Waals surface area contributed by atoms with Crippen LogP contribution in [0.5, 0.6) is 0 Å². The summed E-state index contributed by atoms with van der Waals surface area (Å²) >= 11 is 12.3. The fourth-order valence-electron chi connectivity index (χ4n) is 1.66. The van der Waals surface area contributed by atoms with Gasteiger partial charge in [-0.25, -0.2) is 4.39 Å². The second-order valence-electron chi connectivity index (χ2n) is 3.98. The summed E-state index contributed by atoms with van der Waals surface area (Å²) in [6.45, 7) is 0. The molecule has 0 spiro atoms. The molecule has 0 aliphatic carbocycles. The Labute approximate surface area is 131 Å². The van der Waals surface area contributed by atoms with Crippen LogP contribution in [0.25, 0.3) is 0 Å². The topological polar surface area (TPSA) is 33.1 Å². The van der Waals surface area contributed by atoms with E-state index in [0.29, 0.717) is 20.8 Å². The van der Waals surface area contributed by atoms with Crippen molar-refractivity contribution >= 4 is 43.5 Å². The number of aliphatic hydroxyl groups is 1. The summed E-state index contributed by atoms with van der Waals surface area (Å²) in [5.74, 6) is -0.431. The quantitative estimate of drug-likeness (QED) is 0.799. The summed E-state index contributed by atoms with van der Waals surface area (Å²) in [4.78, 5) is 4.13. The van der Waals surface area contributed by atoms with Crippen molar-refractivity contribution in [1.82, 2.24) is 4.98 Å². The molecule has 100 valence electrons. The first-order chi connectivity index (χ1) is 8.97. The van der Waals surface area contributed by atoms with Crippen molar-refractivity contribution in [2.45, 2.75) is 12.5 Å². The third kappa shape index (κ3) is 3.75. The van der Waals surface area contributed by atoms with E-state index in [1.165, 1.54) is 6.07 Å². The Morgan fingerprint density at radius 2 is 2.05 bits per heavy atom. The maximum Gasteiger partial charge on any atom is 0.127 e. The number of aromatic nitrogens is 1. The summed E-state index contributed by atoms with van der Waals surface area (Å²) in [5, 5.41) is 10.5. The summed E-state index contributed by atoms with van der Waals surface area (Å²) < 4.78 is 15.1. The van der Waals surface area contributed by atoms with Crippen LogP contribution in [0, 0.1) is 5.82 Å². The molecule has 0 amide bonds. The molecular formula is C13H9Br2ClFNO. The van der Waals surface area contributed by atoms with Crippen molar-refractivity contribution in [3.63, 3.8) is 0 Å². The molecule has 6 heteroatoms. The van der Waals surface area contributed by atoms with Gasteiger partial charge in [-0.3, -0.25) is 4.98 Å². The van der Waals surface area contributed by atoms with Crippen molar-refractivity contribution in [3.8, 4) is 0 Å². The highest BCUT2D eigenvalue weighted by atomic mass is 79.9. The average Bonchev–Trinajstić information content (AvgIpc) is 2.32. The van der Waals surface area contributed by atoms with Gasteiger partial charge in [-0.15, -0.1) is 0 Å². The van der Waals surface area contributed by atoms with Gasteiger partial charge in [0.2, 0.25) is 0 Å². The molecule has 0 radical (unpaired) electrons. The molecule has 2 rings (SSSR count). The molecule has 0 fully saturated rings. The highest BCUT2D eigenvalue weighted by Gasteiger charge is 2.16. The lowest BCUT2D eigenvalue weighted by Crippen LogP contribution is -2.06. The predicted octanol–water partition coefficient (Wildman–Crippen LogP) is 4.68. The van der Waals surface area contributed by atoms with Crippen molar-refractivity contribution in [3.05, 3.63) is 61.5 Å². The predicted molar refractivity (Wildman–Crippen MR) is 79.7 cm³/mol. The first-order valence-corrected chi connectivity index (χ1v) is 7.36. The third-order valence-corrected chi connectivity index (χ3v) is 3.88. The lowest BCUT2D eigenvalue weighted by atomic mass is 10.0.